The number of methoxy groups -OCH3 is 2. The van der Waals surface area contributed by atoms with Crippen LogP contribution >= 0.6 is 0 Å². The lowest BCUT2D eigenvalue weighted by atomic mass is 9.83. The molecular formula is C21H21B2FO10. The molecule has 2 aliphatic heterocycles. The topological polar surface area (TPSA) is 152 Å². The molecule has 0 fully saturated rings. The molecule has 2 aromatic carbocycles. The van der Waals surface area contributed by atoms with Crippen LogP contribution in [0.15, 0.2) is 36.0 Å². The van der Waals surface area contributed by atoms with Crippen molar-refractivity contribution in [2.45, 2.75) is 7.43 Å². The highest BCUT2D eigenvalue weighted by Gasteiger charge is 2.32. The zero-order chi connectivity index (χ0) is 24.3. The third-order valence-corrected chi connectivity index (χ3v) is 4.61. The second-order valence-electron chi connectivity index (χ2n) is 6.60. The van der Waals surface area contributed by atoms with Gasteiger partial charge in [0.15, 0.2) is 0 Å². The molecule has 4 N–H and O–H groups in total. The first-order chi connectivity index (χ1) is 15.7. The third-order valence-electron chi connectivity index (χ3n) is 4.61. The van der Waals surface area contributed by atoms with E-state index in [1.54, 1.807) is 18.2 Å². The Morgan fingerprint density at radius 2 is 1.38 bits per heavy atom. The molecule has 178 valence electrons. The zero-order valence-corrected chi connectivity index (χ0v) is 17.3. The van der Waals surface area contributed by atoms with Crippen LogP contribution in [0.25, 0.3) is 12.2 Å². The molecule has 10 nitrogen and oxygen atoms in total. The Balaban J connectivity index is 0.000000234. The maximum atomic E-state index is 13.1. The van der Waals surface area contributed by atoms with Gasteiger partial charge in [-0.2, -0.15) is 0 Å². The average molecular weight is 474 g/mol. The van der Waals surface area contributed by atoms with E-state index in [4.69, 9.17) is 29.0 Å². The van der Waals surface area contributed by atoms with Crippen LogP contribution in [-0.2, 0) is 0 Å². The van der Waals surface area contributed by atoms with Crippen LogP contribution in [0.1, 0.15) is 39.3 Å². The van der Waals surface area contributed by atoms with Gasteiger partial charge in [0.05, 0.1) is 14.2 Å². The van der Waals surface area contributed by atoms with Gasteiger partial charge in [0, 0.05) is 11.1 Å². The van der Waals surface area contributed by atoms with Crippen molar-refractivity contribution in [1.29, 1.82) is 0 Å². The smallest absolute Gasteiger partial charge is 0.532 e. The van der Waals surface area contributed by atoms with Gasteiger partial charge < -0.3 is 39.0 Å². The van der Waals surface area contributed by atoms with Crippen molar-refractivity contribution in [3.63, 3.8) is 0 Å². The highest BCUT2D eigenvalue weighted by Crippen LogP contribution is 2.37. The maximum Gasteiger partial charge on any atom is 0.590 e. The Hall–Kier alpha value is -3.96. The maximum absolute atomic E-state index is 13.1. The van der Waals surface area contributed by atoms with Gasteiger partial charge in [-0.15, -0.1) is 0 Å². The van der Waals surface area contributed by atoms with Crippen LogP contribution in [-0.4, -0.2) is 60.7 Å². The molecule has 0 unspecified atom stereocenters. The minimum Gasteiger partial charge on any atom is -0.532 e. The highest BCUT2D eigenvalue weighted by molar-refractivity contribution is 6.54. The van der Waals surface area contributed by atoms with E-state index in [-0.39, 0.29) is 47.1 Å². The molecular weight excluding hydrogens is 453 g/mol. The van der Waals surface area contributed by atoms with Gasteiger partial charge >= 0.3 is 26.2 Å². The summed E-state index contributed by atoms with van der Waals surface area (Å²) in [5, 5.41) is 36.6. The third kappa shape index (κ3) is 5.16. The fourth-order valence-electron chi connectivity index (χ4n) is 3.14. The van der Waals surface area contributed by atoms with Gasteiger partial charge in [0.25, 0.3) is 0 Å². The Morgan fingerprint density at radius 3 is 1.88 bits per heavy atom. The summed E-state index contributed by atoms with van der Waals surface area (Å²) in [5.74, 6) is -0.696. The van der Waals surface area contributed by atoms with Gasteiger partial charge in [-0.05, 0) is 36.3 Å². The van der Waals surface area contributed by atoms with E-state index in [0.717, 1.165) is 6.08 Å². The summed E-state index contributed by atoms with van der Waals surface area (Å²) in [6, 6.07) is 6.07. The fourth-order valence-corrected chi connectivity index (χ4v) is 3.14. The largest absolute Gasteiger partial charge is 0.590 e. The van der Waals surface area contributed by atoms with E-state index in [0.29, 0.717) is 5.56 Å². The molecule has 0 atom stereocenters. The molecule has 0 radical (unpaired) electrons. The summed E-state index contributed by atoms with van der Waals surface area (Å²) in [7, 11) is -0.224. The van der Waals surface area contributed by atoms with Gasteiger partial charge in [-0.3, -0.25) is 0 Å². The summed E-state index contributed by atoms with van der Waals surface area (Å²) in [4.78, 5) is 22.2. The number of halogens is 1. The quantitative estimate of drug-likeness (QED) is 0.487. The molecule has 0 amide bonds. The molecule has 2 aromatic rings. The lowest BCUT2D eigenvalue weighted by Gasteiger charge is -2.19. The summed E-state index contributed by atoms with van der Waals surface area (Å²) in [6.07, 6.45) is 2.63. The van der Waals surface area contributed by atoms with E-state index in [2.05, 4.69) is 0 Å². The van der Waals surface area contributed by atoms with Crippen LogP contribution in [0, 0.1) is 0 Å². The minimum atomic E-state index is -1.78. The number of rotatable bonds is 4. The molecule has 2 aliphatic rings. The molecule has 0 aliphatic carbocycles. The lowest BCUT2D eigenvalue weighted by Crippen LogP contribution is -2.27. The minimum absolute atomic E-state index is 0. The van der Waals surface area contributed by atoms with Gasteiger partial charge in [-0.1, -0.05) is 13.5 Å². The number of ether oxygens (including phenoxy) is 2. The monoisotopic (exact) mass is 474 g/mol. The second-order valence-corrected chi connectivity index (χ2v) is 6.60. The van der Waals surface area contributed by atoms with Gasteiger partial charge in [0.2, 0.25) is 0 Å². The molecule has 2 heterocycles. The zero-order valence-electron chi connectivity index (χ0n) is 17.3. The van der Waals surface area contributed by atoms with Crippen molar-refractivity contribution < 1.29 is 53.0 Å². The Morgan fingerprint density at radius 1 is 0.882 bits per heavy atom. The first-order valence-electron chi connectivity index (χ1n) is 9.31. The summed E-state index contributed by atoms with van der Waals surface area (Å²) >= 11 is 0. The molecule has 0 spiro atoms. The van der Waals surface area contributed by atoms with Gasteiger partial charge in [-0.25, -0.2) is 14.0 Å². The first kappa shape index (κ1) is 26.3. The molecule has 0 saturated heterocycles. The average Bonchev–Trinajstić information content (AvgIpc) is 2.78. The number of carbonyl (C=O) groups is 2. The molecule has 0 aromatic heterocycles. The molecule has 13 heteroatoms. The van der Waals surface area contributed by atoms with E-state index >= 15 is 0 Å². The summed E-state index contributed by atoms with van der Waals surface area (Å²) in [6.45, 7) is 0. The van der Waals surface area contributed by atoms with E-state index in [1.807, 2.05) is 0 Å². The number of fused-ring (bicyclic) bond motifs is 2. The fraction of sp³-hybridized carbons (Fsp3) is 0.143. The van der Waals surface area contributed by atoms with E-state index < -0.39 is 31.9 Å². The van der Waals surface area contributed by atoms with Crippen LogP contribution in [0.4, 0.5) is 4.39 Å². The van der Waals surface area contributed by atoms with Crippen molar-refractivity contribution >= 4 is 38.3 Å². The standard InChI is InChI=1S/C10H8BFO5.C10H9BO5.CH4/c1-16-6-3-2-5-4-7(12)11(15)17-9(5)8(6)10(13)14;1-15-7-3-2-6-4-5-11(14)16-9(6)8(7)10(12)13;/h2-4,15H,1H3,(H,13,14);2-5,14H,1H3,(H,12,13);1H4. The predicted molar refractivity (Wildman–Crippen MR) is 122 cm³/mol. The molecule has 4 rings (SSSR count). The molecule has 0 bridgehead atoms. The number of hydrogen-bond donors (Lipinski definition) is 4. The van der Waals surface area contributed by atoms with Crippen molar-refractivity contribution in [3.05, 3.63) is 58.2 Å². The second kappa shape index (κ2) is 10.8. The number of aromatic carboxylic acids is 2. The molecule has 0 saturated carbocycles. The SMILES string of the molecule is C.COc1ccc2c(c1C(=O)O)OB(O)C(F)=C2.COc1ccc2c(c1C(=O)O)OB(O)C=C2. The lowest BCUT2D eigenvalue weighted by molar-refractivity contribution is 0.0679. The Kier molecular flexibility index (Phi) is 8.33. The van der Waals surface area contributed by atoms with Crippen molar-refractivity contribution in [3.8, 4) is 23.0 Å². The summed E-state index contributed by atoms with van der Waals surface area (Å²) in [5.41, 5.74) is -0.357. The predicted octanol–water partition coefficient (Wildman–Crippen LogP) is 2.57. The first-order valence-corrected chi connectivity index (χ1v) is 9.31. The van der Waals surface area contributed by atoms with Gasteiger partial charge in [0.1, 0.15) is 39.9 Å². The number of carboxylic acids is 2. The van der Waals surface area contributed by atoms with E-state index in [9.17, 15) is 24.0 Å². The van der Waals surface area contributed by atoms with Crippen LogP contribution in [0.3, 0.4) is 0 Å². The highest BCUT2D eigenvalue weighted by atomic mass is 19.1. The number of benzene rings is 2. The van der Waals surface area contributed by atoms with Crippen molar-refractivity contribution in [2.75, 3.05) is 14.2 Å². The van der Waals surface area contributed by atoms with Crippen molar-refractivity contribution in [2.24, 2.45) is 0 Å². The van der Waals surface area contributed by atoms with Crippen molar-refractivity contribution in [1.82, 2.24) is 0 Å². The van der Waals surface area contributed by atoms with E-state index in [1.165, 1.54) is 32.3 Å². The Labute approximate surface area is 194 Å². The molecule has 34 heavy (non-hydrogen) atoms. The van der Waals surface area contributed by atoms with Crippen LogP contribution in [0.2, 0.25) is 0 Å². The Bertz CT molecular complexity index is 1160. The number of carboxylic acid groups (broad SMARTS) is 2. The summed E-state index contributed by atoms with van der Waals surface area (Å²) < 4.78 is 32.8. The number of hydrogen-bond acceptors (Lipinski definition) is 8. The van der Waals surface area contributed by atoms with Crippen LogP contribution < -0.4 is 18.8 Å². The van der Waals surface area contributed by atoms with Crippen LogP contribution in [0.5, 0.6) is 23.0 Å². The normalized spacial score (nSPS) is 12.9.